The van der Waals surface area contributed by atoms with Crippen molar-refractivity contribution in [3.05, 3.63) is 66.6 Å². The summed E-state index contributed by atoms with van der Waals surface area (Å²) < 4.78 is 3.79. The Morgan fingerprint density at radius 1 is 0.917 bits per heavy atom. The molecule has 5 heteroatoms. The lowest BCUT2D eigenvalue weighted by Crippen LogP contribution is -2.36. The molecule has 3 heterocycles. The molecule has 1 aliphatic rings. The maximum atomic E-state index is 13.0. The Kier molecular flexibility index (Phi) is 3.91. The summed E-state index contributed by atoms with van der Waals surface area (Å²) in [6.45, 7) is 1.67. The lowest BCUT2D eigenvalue weighted by Gasteiger charge is -2.26. The molecule has 1 aliphatic heterocycles. The average Bonchev–Trinajstić information content (AvgIpc) is 3.32. The zero-order valence-corrected chi connectivity index (χ0v) is 13.5. The van der Waals surface area contributed by atoms with Gasteiger partial charge in [-0.05, 0) is 43.5 Å². The van der Waals surface area contributed by atoms with Gasteiger partial charge in [0.25, 0.3) is 5.91 Å². The highest BCUT2D eigenvalue weighted by Gasteiger charge is 2.25. The minimum Gasteiger partial charge on any atom is -0.338 e. The summed E-state index contributed by atoms with van der Waals surface area (Å²) in [6, 6.07) is 13.8. The van der Waals surface area contributed by atoms with Gasteiger partial charge in [0.1, 0.15) is 5.56 Å². The van der Waals surface area contributed by atoms with E-state index in [1.165, 1.54) is 6.42 Å². The van der Waals surface area contributed by atoms with E-state index < -0.39 is 0 Å². The fraction of sp³-hybridized carbons (Fsp3) is 0.263. The number of amides is 1. The number of para-hydroxylation sites is 1. The highest BCUT2D eigenvalue weighted by atomic mass is 16.2. The highest BCUT2D eigenvalue weighted by molar-refractivity contribution is 5.97. The van der Waals surface area contributed by atoms with Crippen molar-refractivity contribution in [1.29, 1.82) is 0 Å². The van der Waals surface area contributed by atoms with Gasteiger partial charge < -0.3 is 9.47 Å². The third-order valence-corrected chi connectivity index (χ3v) is 4.47. The summed E-state index contributed by atoms with van der Waals surface area (Å²) in [5.41, 5.74) is 1.59. The molecule has 3 aromatic rings. The summed E-state index contributed by atoms with van der Waals surface area (Å²) >= 11 is 0. The molecule has 2 aromatic heterocycles. The van der Waals surface area contributed by atoms with Gasteiger partial charge in [-0.1, -0.05) is 18.2 Å². The van der Waals surface area contributed by atoms with Crippen molar-refractivity contribution in [2.75, 3.05) is 13.1 Å². The number of carbonyl (C=O) groups excluding carboxylic acids is 1. The van der Waals surface area contributed by atoms with E-state index in [0.717, 1.165) is 37.4 Å². The van der Waals surface area contributed by atoms with Gasteiger partial charge >= 0.3 is 0 Å². The first-order valence-electron chi connectivity index (χ1n) is 8.40. The molecule has 0 saturated carbocycles. The van der Waals surface area contributed by atoms with E-state index in [2.05, 4.69) is 5.10 Å². The van der Waals surface area contributed by atoms with Crippen molar-refractivity contribution in [3.8, 4) is 11.5 Å². The number of nitrogens with zero attached hydrogens (tertiary/aromatic N) is 4. The smallest absolute Gasteiger partial charge is 0.259 e. The van der Waals surface area contributed by atoms with Crippen LogP contribution in [0, 0.1) is 0 Å². The average molecular weight is 320 g/mol. The molecule has 0 N–H and O–H groups in total. The van der Waals surface area contributed by atoms with Gasteiger partial charge in [-0.15, -0.1) is 0 Å². The Morgan fingerprint density at radius 3 is 2.33 bits per heavy atom. The van der Waals surface area contributed by atoms with Crippen LogP contribution in [0.2, 0.25) is 0 Å². The van der Waals surface area contributed by atoms with Crippen LogP contribution in [0.3, 0.4) is 0 Å². The molecular weight excluding hydrogens is 300 g/mol. The molecule has 0 bridgehead atoms. The molecule has 1 amide bonds. The van der Waals surface area contributed by atoms with Crippen LogP contribution in [0.15, 0.2) is 61.1 Å². The van der Waals surface area contributed by atoms with E-state index in [-0.39, 0.29) is 5.91 Å². The Labute approximate surface area is 141 Å². The number of benzene rings is 1. The van der Waals surface area contributed by atoms with Crippen LogP contribution in [0.5, 0.6) is 0 Å². The Bertz CT molecular complexity index is 814. The maximum absolute atomic E-state index is 13.0. The molecular formula is C19H20N4O. The second-order valence-corrected chi connectivity index (χ2v) is 6.07. The fourth-order valence-electron chi connectivity index (χ4n) is 3.24. The van der Waals surface area contributed by atoms with Gasteiger partial charge in [0.15, 0.2) is 5.82 Å². The van der Waals surface area contributed by atoms with Crippen LogP contribution >= 0.6 is 0 Å². The van der Waals surface area contributed by atoms with E-state index >= 15 is 0 Å². The largest absolute Gasteiger partial charge is 0.338 e. The molecule has 1 aromatic carbocycles. The number of likely N-dealkylation sites (tertiary alicyclic amines) is 1. The molecule has 5 nitrogen and oxygen atoms in total. The normalized spacial score (nSPS) is 14.8. The van der Waals surface area contributed by atoms with Gasteiger partial charge in [-0.3, -0.25) is 4.79 Å². The van der Waals surface area contributed by atoms with E-state index in [1.54, 1.807) is 6.20 Å². The number of piperidine rings is 1. The SMILES string of the molecule is O=C(c1cnn(-c2ccccc2)c1-n1cccc1)N1CCCCC1. The number of rotatable bonds is 3. The predicted molar refractivity (Wildman–Crippen MR) is 92.6 cm³/mol. The molecule has 1 fully saturated rings. The first kappa shape index (κ1) is 14.8. The first-order chi connectivity index (χ1) is 11.8. The van der Waals surface area contributed by atoms with E-state index in [4.69, 9.17) is 0 Å². The monoisotopic (exact) mass is 320 g/mol. The summed E-state index contributed by atoms with van der Waals surface area (Å²) in [4.78, 5) is 15.0. The second-order valence-electron chi connectivity index (χ2n) is 6.07. The maximum Gasteiger partial charge on any atom is 0.259 e. The van der Waals surface area contributed by atoms with Crippen molar-refractivity contribution in [3.63, 3.8) is 0 Å². The zero-order chi connectivity index (χ0) is 16.4. The number of hydrogen-bond acceptors (Lipinski definition) is 2. The van der Waals surface area contributed by atoms with Gasteiger partial charge in [0.05, 0.1) is 11.9 Å². The topological polar surface area (TPSA) is 43.1 Å². The fourth-order valence-corrected chi connectivity index (χ4v) is 3.24. The molecule has 4 rings (SSSR count). The molecule has 0 aliphatic carbocycles. The predicted octanol–water partition coefficient (Wildman–Crippen LogP) is 3.29. The Hall–Kier alpha value is -2.82. The van der Waals surface area contributed by atoms with Crippen LogP contribution in [0.25, 0.3) is 11.5 Å². The van der Waals surface area contributed by atoms with Crippen molar-refractivity contribution in [2.45, 2.75) is 19.3 Å². The van der Waals surface area contributed by atoms with Crippen LogP contribution in [-0.2, 0) is 0 Å². The van der Waals surface area contributed by atoms with Crippen molar-refractivity contribution >= 4 is 5.91 Å². The second kappa shape index (κ2) is 6.35. The van der Waals surface area contributed by atoms with Crippen LogP contribution in [0.1, 0.15) is 29.6 Å². The number of aromatic nitrogens is 3. The minimum atomic E-state index is 0.0700. The lowest BCUT2D eigenvalue weighted by molar-refractivity contribution is 0.0724. The quantitative estimate of drug-likeness (QED) is 0.743. The molecule has 122 valence electrons. The Balaban J connectivity index is 1.80. The summed E-state index contributed by atoms with van der Waals surface area (Å²) in [5, 5.41) is 4.51. The zero-order valence-electron chi connectivity index (χ0n) is 13.5. The molecule has 0 atom stereocenters. The van der Waals surface area contributed by atoms with Crippen molar-refractivity contribution < 1.29 is 4.79 Å². The van der Waals surface area contributed by atoms with Crippen molar-refractivity contribution in [2.24, 2.45) is 0 Å². The molecule has 24 heavy (non-hydrogen) atoms. The van der Waals surface area contributed by atoms with Gasteiger partial charge in [0, 0.05) is 25.5 Å². The van der Waals surface area contributed by atoms with Crippen LogP contribution in [0.4, 0.5) is 0 Å². The standard InChI is InChI=1S/C19H20N4O/c24-19(22-13-5-2-6-14-22)17-15-20-23(16-9-3-1-4-10-16)18(17)21-11-7-8-12-21/h1,3-4,7-12,15H,2,5-6,13-14H2. The summed E-state index contributed by atoms with van der Waals surface area (Å²) in [7, 11) is 0. The number of hydrogen-bond donors (Lipinski definition) is 0. The molecule has 0 radical (unpaired) electrons. The van der Waals surface area contributed by atoms with E-state index in [1.807, 2.05) is 69.0 Å². The van der Waals surface area contributed by atoms with Gasteiger partial charge in [0.2, 0.25) is 0 Å². The molecule has 0 spiro atoms. The molecule has 0 unspecified atom stereocenters. The minimum absolute atomic E-state index is 0.0700. The van der Waals surface area contributed by atoms with Crippen molar-refractivity contribution in [1.82, 2.24) is 19.2 Å². The van der Waals surface area contributed by atoms with Crippen LogP contribution in [-0.4, -0.2) is 38.2 Å². The van der Waals surface area contributed by atoms with Crippen LogP contribution < -0.4 is 0 Å². The summed E-state index contributed by atoms with van der Waals surface area (Å²) in [5.74, 6) is 0.863. The third kappa shape index (κ3) is 2.62. The highest BCUT2D eigenvalue weighted by Crippen LogP contribution is 2.22. The summed E-state index contributed by atoms with van der Waals surface area (Å²) in [6.07, 6.45) is 8.96. The third-order valence-electron chi connectivity index (χ3n) is 4.47. The van der Waals surface area contributed by atoms with E-state index in [9.17, 15) is 4.79 Å². The molecule has 1 saturated heterocycles. The number of carbonyl (C=O) groups is 1. The first-order valence-corrected chi connectivity index (χ1v) is 8.40. The van der Waals surface area contributed by atoms with Gasteiger partial charge in [-0.25, -0.2) is 4.68 Å². The Morgan fingerprint density at radius 2 is 1.62 bits per heavy atom. The van der Waals surface area contributed by atoms with Gasteiger partial charge in [-0.2, -0.15) is 5.10 Å². The van der Waals surface area contributed by atoms with E-state index in [0.29, 0.717) is 5.56 Å². The lowest BCUT2D eigenvalue weighted by atomic mass is 10.1.